The number of hydrogen-bond donors (Lipinski definition) is 0. The predicted molar refractivity (Wildman–Crippen MR) is 79.7 cm³/mol. The molecule has 0 saturated heterocycles. The molecule has 0 amide bonds. The molecule has 4 nitrogen and oxygen atoms in total. The summed E-state index contributed by atoms with van der Waals surface area (Å²) in [5.74, 6) is 1.32. The quantitative estimate of drug-likeness (QED) is 0.790. The Kier molecular flexibility index (Phi) is 4.42. The van der Waals surface area contributed by atoms with Gasteiger partial charge < -0.3 is 9.47 Å². The molecular formula is C14H21ClN4. The highest BCUT2D eigenvalue weighted by molar-refractivity contribution is 6.16. The van der Waals surface area contributed by atoms with Gasteiger partial charge in [-0.2, -0.15) is 0 Å². The summed E-state index contributed by atoms with van der Waals surface area (Å²) in [6.07, 6.45) is 1.05. The van der Waals surface area contributed by atoms with Crippen LogP contribution in [0.1, 0.15) is 30.9 Å². The van der Waals surface area contributed by atoms with Gasteiger partial charge in [-0.1, -0.05) is 0 Å². The van der Waals surface area contributed by atoms with Crippen molar-refractivity contribution in [3.05, 3.63) is 23.7 Å². The van der Waals surface area contributed by atoms with Crippen molar-refractivity contribution in [3.8, 4) is 0 Å². The average Bonchev–Trinajstić information content (AvgIpc) is 2.73. The number of imidazole rings is 1. The molecule has 2 aromatic heterocycles. The lowest BCUT2D eigenvalue weighted by Gasteiger charge is -2.18. The fraction of sp³-hybridized carbons (Fsp3) is 0.571. The molecule has 0 aliphatic heterocycles. The lowest BCUT2D eigenvalue weighted by atomic mass is 10.2. The van der Waals surface area contributed by atoms with Crippen LogP contribution in [0.2, 0.25) is 0 Å². The second kappa shape index (κ2) is 5.88. The number of aromatic nitrogens is 3. The van der Waals surface area contributed by atoms with E-state index < -0.39 is 0 Å². The maximum atomic E-state index is 6.03. The van der Waals surface area contributed by atoms with E-state index in [2.05, 4.69) is 40.5 Å². The maximum absolute atomic E-state index is 6.03. The predicted octanol–water partition coefficient (Wildman–Crippen LogP) is 2.99. The molecule has 0 fully saturated rings. The fourth-order valence-electron chi connectivity index (χ4n) is 2.25. The van der Waals surface area contributed by atoms with Gasteiger partial charge in [0.25, 0.3) is 0 Å². The van der Waals surface area contributed by atoms with Gasteiger partial charge in [0, 0.05) is 11.7 Å². The Labute approximate surface area is 119 Å². The Hall–Kier alpha value is -1.13. The zero-order chi connectivity index (χ0) is 14.0. The molecule has 0 aliphatic rings. The minimum atomic E-state index is 0.343. The molecule has 0 N–H and O–H groups in total. The summed E-state index contributed by atoms with van der Waals surface area (Å²) in [7, 11) is 4.17. The number of alkyl halides is 1. The third-order valence-electron chi connectivity index (χ3n) is 3.30. The standard InChI is InChI=1S/C14H21ClN4/c1-10-5-6-12-14(16-10)19(13(9-15)17-12)11(2)7-8-18(3)4/h5-6,11H,7-9H2,1-4H3. The molecule has 0 radical (unpaired) electrons. The van der Waals surface area contributed by atoms with Crippen LogP contribution in [0.15, 0.2) is 12.1 Å². The first-order valence-electron chi connectivity index (χ1n) is 6.58. The monoisotopic (exact) mass is 280 g/mol. The molecule has 0 saturated carbocycles. The molecule has 0 aromatic carbocycles. The van der Waals surface area contributed by atoms with E-state index in [1.54, 1.807) is 0 Å². The average molecular weight is 281 g/mol. The summed E-state index contributed by atoms with van der Waals surface area (Å²) >= 11 is 6.03. The largest absolute Gasteiger partial charge is 0.309 e. The van der Waals surface area contributed by atoms with Crippen LogP contribution in [-0.4, -0.2) is 40.1 Å². The number of halogens is 1. The minimum Gasteiger partial charge on any atom is -0.309 e. The summed E-state index contributed by atoms with van der Waals surface area (Å²) in [5.41, 5.74) is 2.88. The zero-order valence-corrected chi connectivity index (χ0v) is 12.8. The van der Waals surface area contributed by atoms with E-state index in [1.807, 2.05) is 19.1 Å². The minimum absolute atomic E-state index is 0.343. The lowest BCUT2D eigenvalue weighted by Crippen LogP contribution is -2.18. The SMILES string of the molecule is Cc1ccc2nc(CCl)n(C(C)CCN(C)C)c2n1. The fourth-order valence-corrected chi connectivity index (χ4v) is 2.44. The normalized spacial score (nSPS) is 13.4. The molecular weight excluding hydrogens is 260 g/mol. The lowest BCUT2D eigenvalue weighted by molar-refractivity contribution is 0.358. The number of aryl methyl sites for hydroxylation is 1. The van der Waals surface area contributed by atoms with Gasteiger partial charge in [0.1, 0.15) is 11.3 Å². The van der Waals surface area contributed by atoms with E-state index in [9.17, 15) is 0 Å². The third kappa shape index (κ3) is 3.07. The summed E-state index contributed by atoms with van der Waals surface area (Å²) < 4.78 is 2.18. The van der Waals surface area contributed by atoms with Crippen molar-refractivity contribution in [2.75, 3.05) is 20.6 Å². The van der Waals surface area contributed by atoms with Gasteiger partial charge in [0.2, 0.25) is 0 Å². The Morgan fingerprint density at radius 2 is 2.05 bits per heavy atom. The van der Waals surface area contributed by atoms with Crippen LogP contribution in [0.25, 0.3) is 11.2 Å². The maximum Gasteiger partial charge on any atom is 0.160 e. The van der Waals surface area contributed by atoms with Crippen LogP contribution < -0.4 is 0 Å². The van der Waals surface area contributed by atoms with Crippen molar-refractivity contribution < 1.29 is 0 Å². The molecule has 0 bridgehead atoms. The number of hydrogen-bond acceptors (Lipinski definition) is 3. The second-order valence-corrected chi connectivity index (χ2v) is 5.54. The number of fused-ring (bicyclic) bond motifs is 1. The van der Waals surface area contributed by atoms with Crippen LogP contribution in [0.4, 0.5) is 0 Å². The molecule has 19 heavy (non-hydrogen) atoms. The van der Waals surface area contributed by atoms with Crippen LogP contribution in [0.5, 0.6) is 0 Å². The van der Waals surface area contributed by atoms with Gasteiger partial charge in [-0.25, -0.2) is 9.97 Å². The zero-order valence-electron chi connectivity index (χ0n) is 12.0. The van der Waals surface area contributed by atoms with Crippen LogP contribution >= 0.6 is 11.6 Å². The van der Waals surface area contributed by atoms with Gasteiger partial charge in [0.05, 0.1) is 5.88 Å². The summed E-state index contributed by atoms with van der Waals surface area (Å²) in [4.78, 5) is 11.4. The summed E-state index contributed by atoms with van der Waals surface area (Å²) in [5, 5.41) is 0. The van der Waals surface area contributed by atoms with E-state index in [1.165, 1.54) is 0 Å². The first-order valence-corrected chi connectivity index (χ1v) is 7.11. The van der Waals surface area contributed by atoms with Crippen LogP contribution in [0.3, 0.4) is 0 Å². The van der Waals surface area contributed by atoms with Gasteiger partial charge in [-0.15, -0.1) is 11.6 Å². The Balaban J connectivity index is 2.41. The molecule has 1 atom stereocenters. The number of nitrogens with zero attached hydrogens (tertiary/aromatic N) is 4. The van der Waals surface area contributed by atoms with Crippen LogP contribution in [-0.2, 0) is 5.88 Å². The van der Waals surface area contributed by atoms with Gasteiger partial charge in [-0.3, -0.25) is 0 Å². The molecule has 2 heterocycles. The Morgan fingerprint density at radius 1 is 1.32 bits per heavy atom. The highest BCUT2D eigenvalue weighted by Gasteiger charge is 2.16. The topological polar surface area (TPSA) is 34.0 Å². The van der Waals surface area contributed by atoms with Gasteiger partial charge in [0.15, 0.2) is 5.65 Å². The van der Waals surface area contributed by atoms with Crippen LogP contribution in [0, 0.1) is 6.92 Å². The van der Waals surface area contributed by atoms with Crippen molar-refractivity contribution >= 4 is 22.8 Å². The summed E-state index contributed by atoms with van der Waals surface area (Å²) in [6, 6.07) is 4.35. The Morgan fingerprint density at radius 3 is 2.68 bits per heavy atom. The van der Waals surface area contributed by atoms with Crippen molar-refractivity contribution in [2.45, 2.75) is 32.2 Å². The highest BCUT2D eigenvalue weighted by atomic mass is 35.5. The van der Waals surface area contributed by atoms with E-state index in [0.29, 0.717) is 11.9 Å². The molecule has 5 heteroatoms. The molecule has 1 unspecified atom stereocenters. The van der Waals surface area contributed by atoms with Crippen molar-refractivity contribution in [1.82, 2.24) is 19.4 Å². The molecule has 2 rings (SSSR count). The van der Waals surface area contributed by atoms with E-state index in [4.69, 9.17) is 11.6 Å². The van der Waals surface area contributed by atoms with E-state index in [0.717, 1.165) is 35.6 Å². The van der Waals surface area contributed by atoms with Crippen molar-refractivity contribution in [1.29, 1.82) is 0 Å². The van der Waals surface area contributed by atoms with Gasteiger partial charge >= 0.3 is 0 Å². The number of pyridine rings is 1. The van der Waals surface area contributed by atoms with Gasteiger partial charge in [-0.05, 0) is 53.0 Å². The van der Waals surface area contributed by atoms with Crippen molar-refractivity contribution in [3.63, 3.8) is 0 Å². The molecule has 0 aliphatic carbocycles. The molecule has 2 aromatic rings. The third-order valence-corrected chi connectivity index (χ3v) is 3.54. The number of rotatable bonds is 5. The highest BCUT2D eigenvalue weighted by Crippen LogP contribution is 2.23. The molecule has 0 spiro atoms. The summed E-state index contributed by atoms with van der Waals surface area (Å²) in [6.45, 7) is 5.24. The second-order valence-electron chi connectivity index (χ2n) is 5.27. The van der Waals surface area contributed by atoms with E-state index in [-0.39, 0.29) is 0 Å². The Bertz CT molecular complexity index is 562. The first kappa shape index (κ1) is 14.3. The smallest absolute Gasteiger partial charge is 0.160 e. The van der Waals surface area contributed by atoms with E-state index >= 15 is 0 Å². The first-order chi connectivity index (χ1) is 9.02. The molecule has 104 valence electrons. The van der Waals surface area contributed by atoms with Crippen molar-refractivity contribution in [2.24, 2.45) is 0 Å².